The van der Waals surface area contributed by atoms with Gasteiger partial charge in [0.05, 0.1) is 0 Å². The van der Waals surface area contributed by atoms with Crippen LogP contribution in [0.15, 0.2) is 4.99 Å². The first-order chi connectivity index (χ1) is 13.0. The van der Waals surface area contributed by atoms with Gasteiger partial charge in [0.15, 0.2) is 5.96 Å². The molecule has 0 aromatic heterocycles. The van der Waals surface area contributed by atoms with Crippen molar-refractivity contribution in [2.24, 2.45) is 10.9 Å². The molecule has 0 aromatic carbocycles. The third-order valence-corrected chi connectivity index (χ3v) is 7.30. The topological polar surface area (TPSA) is 60.0 Å². The van der Waals surface area contributed by atoms with E-state index in [2.05, 4.69) is 32.3 Å². The summed E-state index contributed by atoms with van der Waals surface area (Å²) < 4.78 is 0. The largest absolute Gasteiger partial charge is 0.355 e. The van der Waals surface area contributed by atoms with Crippen molar-refractivity contribution >= 4 is 47.6 Å². The van der Waals surface area contributed by atoms with Crippen molar-refractivity contribution < 1.29 is 4.79 Å². The number of aliphatic imine (C=N–C) groups is 1. The maximum Gasteiger partial charge on any atom is 0.225 e. The lowest BCUT2D eigenvalue weighted by Gasteiger charge is -2.43. The van der Waals surface area contributed by atoms with Crippen molar-refractivity contribution in [1.82, 2.24) is 20.4 Å². The minimum atomic E-state index is 0. The van der Waals surface area contributed by atoms with E-state index in [9.17, 15) is 4.79 Å². The number of hydrogen-bond acceptors (Lipinski definition) is 4. The molecule has 3 aliphatic rings. The molecule has 0 aromatic rings. The summed E-state index contributed by atoms with van der Waals surface area (Å²) in [7, 11) is 1.85. The second kappa shape index (κ2) is 11.2. The Morgan fingerprint density at radius 3 is 2.50 bits per heavy atom. The standard InChI is InChI=1S/C20H37N5OS.HI/c1-16(2)18(26)24-9-6-17(14-24)23-19(21-3)22-15-20(7-4-5-8-20)25-10-12-27-13-11-25;/h16-17H,4-15H2,1-3H3,(H2,21,22,23);1H. The van der Waals surface area contributed by atoms with Gasteiger partial charge < -0.3 is 15.5 Å². The van der Waals surface area contributed by atoms with Crippen LogP contribution in [0.5, 0.6) is 0 Å². The normalized spacial score (nSPS) is 25.6. The summed E-state index contributed by atoms with van der Waals surface area (Å²) in [6, 6.07) is 0.296. The predicted molar refractivity (Wildman–Crippen MR) is 130 cm³/mol. The van der Waals surface area contributed by atoms with Crippen LogP contribution >= 0.6 is 35.7 Å². The van der Waals surface area contributed by atoms with Crippen molar-refractivity contribution in [3.8, 4) is 0 Å². The summed E-state index contributed by atoms with van der Waals surface area (Å²) in [6.45, 7) is 8.99. The lowest BCUT2D eigenvalue weighted by molar-refractivity contribution is -0.133. The van der Waals surface area contributed by atoms with E-state index in [4.69, 9.17) is 0 Å². The maximum absolute atomic E-state index is 12.2. The van der Waals surface area contributed by atoms with Crippen molar-refractivity contribution in [2.75, 3.05) is 51.3 Å². The molecular weight excluding hydrogens is 485 g/mol. The summed E-state index contributed by atoms with van der Waals surface area (Å²) in [4.78, 5) is 21.4. The molecule has 8 heteroatoms. The molecule has 3 fully saturated rings. The van der Waals surface area contributed by atoms with E-state index in [0.29, 0.717) is 11.6 Å². The maximum atomic E-state index is 12.2. The Bertz CT molecular complexity index is 533. The van der Waals surface area contributed by atoms with Crippen LogP contribution in [0.2, 0.25) is 0 Å². The van der Waals surface area contributed by atoms with E-state index >= 15 is 0 Å². The highest BCUT2D eigenvalue weighted by molar-refractivity contribution is 14.0. The number of carbonyl (C=O) groups is 1. The summed E-state index contributed by atoms with van der Waals surface area (Å²) in [5, 5.41) is 7.19. The van der Waals surface area contributed by atoms with Crippen molar-refractivity contribution in [2.45, 2.75) is 57.5 Å². The average molecular weight is 524 g/mol. The van der Waals surface area contributed by atoms with Crippen LogP contribution in [0, 0.1) is 5.92 Å². The fraction of sp³-hybridized carbons (Fsp3) is 0.900. The molecule has 1 saturated carbocycles. The molecule has 3 rings (SSSR count). The zero-order chi connectivity index (χ0) is 19.3. The monoisotopic (exact) mass is 523 g/mol. The van der Waals surface area contributed by atoms with Crippen LogP contribution in [0.4, 0.5) is 0 Å². The van der Waals surface area contributed by atoms with Crippen LogP contribution in [-0.2, 0) is 4.79 Å². The van der Waals surface area contributed by atoms with E-state index in [1.54, 1.807) is 0 Å². The number of rotatable bonds is 5. The third-order valence-electron chi connectivity index (χ3n) is 6.36. The van der Waals surface area contributed by atoms with E-state index in [-0.39, 0.29) is 35.8 Å². The van der Waals surface area contributed by atoms with E-state index < -0.39 is 0 Å². The zero-order valence-electron chi connectivity index (χ0n) is 17.7. The zero-order valence-corrected chi connectivity index (χ0v) is 20.9. The van der Waals surface area contributed by atoms with Crippen LogP contribution in [0.25, 0.3) is 0 Å². The molecule has 0 radical (unpaired) electrons. The van der Waals surface area contributed by atoms with Gasteiger partial charge in [0.25, 0.3) is 0 Å². The summed E-state index contributed by atoms with van der Waals surface area (Å²) in [5.74, 6) is 3.74. The lowest BCUT2D eigenvalue weighted by Crippen LogP contribution is -2.58. The number of amides is 1. The minimum Gasteiger partial charge on any atom is -0.355 e. The molecule has 0 bridgehead atoms. The van der Waals surface area contributed by atoms with Gasteiger partial charge in [0.1, 0.15) is 0 Å². The molecule has 6 nitrogen and oxygen atoms in total. The van der Waals surface area contributed by atoms with Gasteiger partial charge in [-0.15, -0.1) is 24.0 Å². The molecule has 2 N–H and O–H groups in total. The number of thioether (sulfide) groups is 1. The summed E-state index contributed by atoms with van der Waals surface area (Å²) in [6.07, 6.45) is 6.26. The molecule has 1 aliphatic carbocycles. The van der Waals surface area contributed by atoms with Crippen molar-refractivity contribution in [3.63, 3.8) is 0 Å². The number of hydrogen-bond donors (Lipinski definition) is 2. The lowest BCUT2D eigenvalue weighted by atomic mass is 9.94. The van der Waals surface area contributed by atoms with Gasteiger partial charge in [0.2, 0.25) is 5.91 Å². The minimum absolute atomic E-state index is 0. The SMILES string of the molecule is CN=C(NCC1(N2CCSCC2)CCCC1)NC1CCN(C(=O)C(C)C)C1.I. The Balaban J connectivity index is 0.00000280. The van der Waals surface area contributed by atoms with Crippen LogP contribution in [0.3, 0.4) is 0 Å². The van der Waals surface area contributed by atoms with Gasteiger partial charge in [0, 0.05) is 68.8 Å². The molecule has 1 unspecified atom stereocenters. The van der Waals surface area contributed by atoms with E-state index in [1.165, 1.54) is 50.3 Å². The second-order valence-electron chi connectivity index (χ2n) is 8.53. The molecule has 2 aliphatic heterocycles. The molecule has 28 heavy (non-hydrogen) atoms. The molecule has 162 valence electrons. The van der Waals surface area contributed by atoms with Crippen molar-refractivity contribution in [3.05, 3.63) is 0 Å². The fourth-order valence-corrected chi connectivity index (χ4v) is 5.66. The number of carbonyl (C=O) groups excluding carboxylic acids is 1. The summed E-state index contributed by atoms with van der Waals surface area (Å²) in [5.41, 5.74) is 0.300. The van der Waals surface area contributed by atoms with E-state index in [0.717, 1.165) is 32.0 Å². The highest BCUT2D eigenvalue weighted by Gasteiger charge is 2.40. The van der Waals surface area contributed by atoms with Gasteiger partial charge >= 0.3 is 0 Å². The first kappa shape index (κ1) is 24.1. The number of nitrogens with zero attached hydrogens (tertiary/aromatic N) is 3. The van der Waals surface area contributed by atoms with Crippen LogP contribution < -0.4 is 10.6 Å². The first-order valence-corrected chi connectivity index (χ1v) is 11.8. The van der Waals surface area contributed by atoms with Gasteiger partial charge in [-0.2, -0.15) is 11.8 Å². The smallest absolute Gasteiger partial charge is 0.225 e. The predicted octanol–water partition coefficient (Wildman–Crippen LogP) is 2.39. The first-order valence-electron chi connectivity index (χ1n) is 10.6. The molecular formula is C20H38IN5OS. The Kier molecular flexibility index (Phi) is 9.66. The quantitative estimate of drug-likeness (QED) is 0.329. The van der Waals surface area contributed by atoms with Gasteiger partial charge in [-0.25, -0.2) is 0 Å². The Hall–Kier alpha value is -0.220. The Morgan fingerprint density at radius 1 is 1.21 bits per heavy atom. The fourth-order valence-electron chi connectivity index (χ4n) is 4.76. The number of halogens is 1. The highest BCUT2D eigenvalue weighted by atomic mass is 127. The second-order valence-corrected chi connectivity index (χ2v) is 9.75. The molecule has 2 saturated heterocycles. The van der Waals surface area contributed by atoms with E-state index in [1.807, 2.05) is 25.8 Å². The van der Waals surface area contributed by atoms with Gasteiger partial charge in [-0.05, 0) is 19.3 Å². The molecule has 2 heterocycles. The van der Waals surface area contributed by atoms with Gasteiger partial charge in [-0.1, -0.05) is 26.7 Å². The Labute approximate surface area is 192 Å². The van der Waals surface area contributed by atoms with Crippen LogP contribution in [-0.4, -0.2) is 84.5 Å². The van der Waals surface area contributed by atoms with Gasteiger partial charge in [-0.3, -0.25) is 14.7 Å². The average Bonchev–Trinajstić information content (AvgIpc) is 3.35. The van der Waals surface area contributed by atoms with Crippen LogP contribution in [0.1, 0.15) is 46.0 Å². The third kappa shape index (κ3) is 5.90. The molecule has 1 amide bonds. The summed E-state index contributed by atoms with van der Waals surface area (Å²) >= 11 is 2.08. The highest BCUT2D eigenvalue weighted by Crippen LogP contribution is 2.36. The Morgan fingerprint density at radius 2 is 1.89 bits per heavy atom. The number of guanidine groups is 1. The number of likely N-dealkylation sites (tertiary alicyclic amines) is 1. The van der Waals surface area contributed by atoms with Crippen molar-refractivity contribution in [1.29, 1.82) is 0 Å². The number of nitrogens with one attached hydrogen (secondary N) is 2. The molecule has 0 spiro atoms. The molecule has 1 atom stereocenters.